The fourth-order valence-electron chi connectivity index (χ4n) is 3.52. The van der Waals surface area contributed by atoms with Crippen molar-refractivity contribution < 1.29 is 14.6 Å². The molecule has 2 fully saturated rings. The number of ether oxygens (including phenoxy) is 1. The molecule has 19 heavy (non-hydrogen) atoms. The van der Waals surface area contributed by atoms with E-state index in [0.29, 0.717) is 13.2 Å². The number of carboxylic acids is 1. The number of hydrogen-bond acceptors (Lipinski definition) is 3. The zero-order valence-electron chi connectivity index (χ0n) is 12.0. The second-order valence-corrected chi connectivity index (χ2v) is 5.97. The molecule has 0 aromatic carbocycles. The Morgan fingerprint density at radius 2 is 2.00 bits per heavy atom. The maximum atomic E-state index is 11.2. The van der Waals surface area contributed by atoms with E-state index in [2.05, 4.69) is 11.8 Å². The van der Waals surface area contributed by atoms with Crippen molar-refractivity contribution in [2.45, 2.75) is 51.5 Å². The maximum absolute atomic E-state index is 11.2. The average molecular weight is 269 g/mol. The number of hydrogen-bond donors (Lipinski definition) is 1. The monoisotopic (exact) mass is 269 g/mol. The van der Waals surface area contributed by atoms with Crippen LogP contribution in [0, 0.1) is 11.8 Å². The lowest BCUT2D eigenvalue weighted by Crippen LogP contribution is -2.44. The highest BCUT2D eigenvalue weighted by molar-refractivity contribution is 5.71. The van der Waals surface area contributed by atoms with Crippen LogP contribution in [0.1, 0.15) is 45.4 Å². The minimum Gasteiger partial charge on any atom is -0.481 e. The summed E-state index contributed by atoms with van der Waals surface area (Å²) in [4.78, 5) is 13.6. The first-order valence-corrected chi connectivity index (χ1v) is 7.77. The minimum absolute atomic E-state index is 0.0751. The van der Waals surface area contributed by atoms with Crippen molar-refractivity contribution >= 4 is 5.97 Å². The van der Waals surface area contributed by atoms with Crippen LogP contribution in [0.5, 0.6) is 0 Å². The summed E-state index contributed by atoms with van der Waals surface area (Å²) in [5.74, 6) is -0.196. The molecule has 2 atom stereocenters. The molecule has 0 aromatic rings. The van der Waals surface area contributed by atoms with Gasteiger partial charge in [0.05, 0.1) is 19.1 Å². The molecule has 0 bridgehead atoms. The van der Waals surface area contributed by atoms with Gasteiger partial charge in [-0.05, 0) is 25.4 Å². The molecule has 0 amide bonds. The minimum atomic E-state index is -0.710. The molecular formula is C15H27NO3. The van der Waals surface area contributed by atoms with Crippen LogP contribution in [0.15, 0.2) is 0 Å². The van der Waals surface area contributed by atoms with E-state index >= 15 is 0 Å². The third-order valence-electron chi connectivity index (χ3n) is 4.79. The molecule has 1 saturated carbocycles. The van der Waals surface area contributed by atoms with Gasteiger partial charge in [-0.25, -0.2) is 0 Å². The Kier molecular flexibility index (Phi) is 5.64. The van der Waals surface area contributed by atoms with E-state index in [4.69, 9.17) is 4.74 Å². The van der Waals surface area contributed by atoms with Crippen LogP contribution in [-0.2, 0) is 9.53 Å². The molecule has 1 aliphatic carbocycles. The van der Waals surface area contributed by atoms with Crippen LogP contribution in [-0.4, -0.2) is 48.3 Å². The summed E-state index contributed by atoms with van der Waals surface area (Å²) in [7, 11) is 0. The smallest absolute Gasteiger partial charge is 0.310 e. The van der Waals surface area contributed by atoms with Crippen LogP contribution in [0.3, 0.4) is 0 Å². The van der Waals surface area contributed by atoms with Gasteiger partial charge in [0, 0.05) is 6.04 Å². The van der Waals surface area contributed by atoms with E-state index in [-0.39, 0.29) is 12.0 Å². The molecule has 4 nitrogen and oxygen atoms in total. The summed E-state index contributed by atoms with van der Waals surface area (Å²) in [6.07, 6.45) is 8.09. The molecule has 2 rings (SSSR count). The number of carboxylic acid groups (broad SMARTS) is 1. The van der Waals surface area contributed by atoms with Gasteiger partial charge in [-0.1, -0.05) is 39.0 Å². The Morgan fingerprint density at radius 1 is 1.26 bits per heavy atom. The first-order valence-electron chi connectivity index (χ1n) is 7.77. The molecule has 2 aliphatic rings. The van der Waals surface area contributed by atoms with Crippen LogP contribution in [0.4, 0.5) is 0 Å². The first-order chi connectivity index (χ1) is 9.22. The fourth-order valence-corrected chi connectivity index (χ4v) is 3.52. The molecule has 1 saturated heterocycles. The average Bonchev–Trinajstić information content (AvgIpc) is 2.90. The molecule has 110 valence electrons. The van der Waals surface area contributed by atoms with E-state index in [0.717, 1.165) is 19.0 Å². The lowest BCUT2D eigenvalue weighted by molar-refractivity contribution is -0.143. The van der Waals surface area contributed by atoms with Gasteiger partial charge in [0.25, 0.3) is 0 Å². The lowest BCUT2D eigenvalue weighted by atomic mass is 9.86. The normalized spacial score (nSPS) is 28.9. The summed E-state index contributed by atoms with van der Waals surface area (Å²) in [6.45, 7) is 5.02. The Morgan fingerprint density at radius 3 is 2.63 bits per heavy atom. The molecular weight excluding hydrogens is 242 g/mol. The van der Waals surface area contributed by atoms with Crippen LogP contribution in [0.2, 0.25) is 0 Å². The Balaban J connectivity index is 1.83. The molecule has 1 aliphatic heterocycles. The number of aliphatic carboxylic acids is 1. The zero-order chi connectivity index (χ0) is 13.7. The third kappa shape index (κ3) is 3.93. The van der Waals surface area contributed by atoms with Crippen molar-refractivity contribution in [2.24, 2.45) is 11.8 Å². The Bertz CT molecular complexity index is 289. The van der Waals surface area contributed by atoms with E-state index in [1.54, 1.807) is 0 Å². The summed E-state index contributed by atoms with van der Waals surface area (Å²) >= 11 is 0. The number of carbonyl (C=O) groups is 1. The van der Waals surface area contributed by atoms with E-state index in [1.165, 1.54) is 38.5 Å². The second-order valence-electron chi connectivity index (χ2n) is 5.97. The predicted molar refractivity (Wildman–Crippen MR) is 74.2 cm³/mol. The SMILES string of the molecule is CCN(CCC1CCCCC1)C1COCC1C(=O)O. The van der Waals surface area contributed by atoms with Gasteiger partial charge in [0.15, 0.2) is 0 Å². The molecule has 1 N–H and O–H groups in total. The first kappa shape index (κ1) is 14.8. The van der Waals surface area contributed by atoms with Crippen LogP contribution >= 0.6 is 0 Å². The van der Waals surface area contributed by atoms with E-state index < -0.39 is 5.97 Å². The van der Waals surface area contributed by atoms with Crippen LogP contribution in [0.25, 0.3) is 0 Å². The number of likely N-dealkylation sites (N-methyl/N-ethyl adjacent to an activating group) is 1. The summed E-state index contributed by atoms with van der Waals surface area (Å²) in [5, 5.41) is 9.24. The summed E-state index contributed by atoms with van der Waals surface area (Å²) in [6, 6.07) is 0.0751. The lowest BCUT2D eigenvalue weighted by Gasteiger charge is -2.31. The molecule has 2 unspecified atom stereocenters. The molecule has 0 radical (unpaired) electrons. The zero-order valence-corrected chi connectivity index (χ0v) is 12.0. The highest BCUT2D eigenvalue weighted by atomic mass is 16.5. The van der Waals surface area contributed by atoms with Gasteiger partial charge in [0.2, 0.25) is 0 Å². The van der Waals surface area contributed by atoms with Gasteiger partial charge in [-0.2, -0.15) is 0 Å². The fraction of sp³-hybridized carbons (Fsp3) is 0.933. The maximum Gasteiger partial charge on any atom is 0.310 e. The van der Waals surface area contributed by atoms with E-state index in [1.807, 2.05) is 0 Å². The Hall–Kier alpha value is -0.610. The van der Waals surface area contributed by atoms with Crippen molar-refractivity contribution in [1.29, 1.82) is 0 Å². The molecule has 0 aromatic heterocycles. The van der Waals surface area contributed by atoms with Gasteiger partial charge < -0.3 is 9.84 Å². The Labute approximate surface area is 116 Å². The van der Waals surface area contributed by atoms with Gasteiger partial charge in [-0.3, -0.25) is 9.69 Å². The molecule has 1 heterocycles. The highest BCUT2D eigenvalue weighted by Gasteiger charge is 2.37. The number of rotatable bonds is 6. The highest BCUT2D eigenvalue weighted by Crippen LogP contribution is 2.27. The van der Waals surface area contributed by atoms with Crippen molar-refractivity contribution in [3.05, 3.63) is 0 Å². The predicted octanol–water partition coefficient (Wildman–Crippen LogP) is 2.38. The number of nitrogens with zero attached hydrogens (tertiary/aromatic N) is 1. The van der Waals surface area contributed by atoms with Gasteiger partial charge >= 0.3 is 5.97 Å². The van der Waals surface area contributed by atoms with Crippen molar-refractivity contribution in [1.82, 2.24) is 4.90 Å². The van der Waals surface area contributed by atoms with Crippen molar-refractivity contribution in [3.63, 3.8) is 0 Å². The van der Waals surface area contributed by atoms with Gasteiger partial charge in [-0.15, -0.1) is 0 Å². The third-order valence-corrected chi connectivity index (χ3v) is 4.79. The van der Waals surface area contributed by atoms with Crippen LogP contribution < -0.4 is 0 Å². The largest absolute Gasteiger partial charge is 0.481 e. The van der Waals surface area contributed by atoms with Crippen molar-refractivity contribution in [2.75, 3.05) is 26.3 Å². The molecule has 4 heteroatoms. The van der Waals surface area contributed by atoms with E-state index in [9.17, 15) is 9.90 Å². The summed E-state index contributed by atoms with van der Waals surface area (Å²) < 4.78 is 5.38. The van der Waals surface area contributed by atoms with Gasteiger partial charge in [0.1, 0.15) is 0 Å². The quantitative estimate of drug-likeness (QED) is 0.804. The topological polar surface area (TPSA) is 49.8 Å². The standard InChI is InChI=1S/C15H27NO3/c1-2-16(9-8-12-6-4-3-5-7-12)14-11-19-10-13(14)15(17)18/h12-14H,2-11H2,1H3,(H,17,18). The van der Waals surface area contributed by atoms with Crippen molar-refractivity contribution in [3.8, 4) is 0 Å². The second kappa shape index (κ2) is 7.25. The molecule has 0 spiro atoms. The summed E-state index contributed by atoms with van der Waals surface area (Å²) in [5.41, 5.74) is 0.